The molecule has 6 heteroatoms. The summed E-state index contributed by atoms with van der Waals surface area (Å²) in [4.78, 5) is 23.5. The lowest BCUT2D eigenvalue weighted by molar-refractivity contribution is -0.113. The summed E-state index contributed by atoms with van der Waals surface area (Å²) < 4.78 is 4.77. The van der Waals surface area contributed by atoms with Gasteiger partial charge >= 0.3 is 6.09 Å². The minimum Gasteiger partial charge on any atom is -0.450 e. The normalized spacial score (nSPS) is 13.5. The Bertz CT molecular complexity index is 476. The van der Waals surface area contributed by atoms with Gasteiger partial charge in [-0.3, -0.25) is 4.79 Å². The summed E-state index contributed by atoms with van der Waals surface area (Å²) in [5.41, 5.74) is 1.73. The average Bonchev–Trinajstić information content (AvgIpc) is 2.36. The molecule has 2 N–H and O–H groups in total. The number of amides is 2. The Morgan fingerprint density at radius 1 is 1.56 bits per heavy atom. The second-order valence-electron chi connectivity index (χ2n) is 3.74. The number of hydrogen-bond acceptors (Lipinski definition) is 4. The molecule has 0 aromatic heterocycles. The number of carbonyl (C=O) groups excluding carboxylic acids is 2. The van der Waals surface area contributed by atoms with Gasteiger partial charge < -0.3 is 15.4 Å². The Hall–Kier alpha value is -1.69. The molecule has 0 saturated carbocycles. The van der Waals surface area contributed by atoms with E-state index in [9.17, 15) is 9.59 Å². The third kappa shape index (κ3) is 3.16. The Morgan fingerprint density at radius 2 is 2.39 bits per heavy atom. The van der Waals surface area contributed by atoms with Crippen molar-refractivity contribution in [3.63, 3.8) is 0 Å². The van der Waals surface area contributed by atoms with E-state index in [1.165, 1.54) is 11.8 Å². The molecule has 1 aliphatic heterocycles. The second kappa shape index (κ2) is 5.77. The highest BCUT2D eigenvalue weighted by Crippen LogP contribution is 2.31. The molecule has 0 spiro atoms. The number of thioether (sulfide) groups is 1. The topological polar surface area (TPSA) is 67.4 Å². The Morgan fingerprint density at radius 3 is 3.17 bits per heavy atom. The van der Waals surface area contributed by atoms with Crippen LogP contribution in [-0.4, -0.2) is 24.4 Å². The molecule has 96 valence electrons. The van der Waals surface area contributed by atoms with E-state index in [1.54, 1.807) is 6.92 Å². The summed E-state index contributed by atoms with van der Waals surface area (Å²) in [5, 5.41) is 5.45. The van der Waals surface area contributed by atoms with Crippen LogP contribution in [0.15, 0.2) is 23.1 Å². The molecule has 1 aromatic carbocycles. The van der Waals surface area contributed by atoms with E-state index in [-0.39, 0.29) is 5.91 Å². The summed E-state index contributed by atoms with van der Waals surface area (Å²) in [6.07, 6.45) is -0.436. The van der Waals surface area contributed by atoms with E-state index in [1.807, 2.05) is 18.2 Å². The molecular formula is C12H14N2O3S. The summed E-state index contributed by atoms with van der Waals surface area (Å²) in [5.74, 6) is 0.455. The predicted octanol–water partition coefficient (Wildman–Crippen LogP) is 1.98. The van der Waals surface area contributed by atoms with Crippen molar-refractivity contribution in [2.75, 3.05) is 17.7 Å². The third-order valence-electron chi connectivity index (χ3n) is 2.39. The molecule has 1 aliphatic rings. The zero-order chi connectivity index (χ0) is 13.0. The number of fused-ring (bicyclic) bond motifs is 1. The van der Waals surface area contributed by atoms with Crippen LogP contribution in [0, 0.1) is 0 Å². The molecule has 2 rings (SSSR count). The molecule has 1 heterocycles. The van der Waals surface area contributed by atoms with Crippen LogP contribution in [-0.2, 0) is 16.1 Å². The maximum atomic E-state index is 11.3. The van der Waals surface area contributed by atoms with Gasteiger partial charge in [0.15, 0.2) is 0 Å². The standard InChI is InChI=1S/C12H14N2O3S/c1-2-17-12(16)13-6-8-3-4-10-9(5-8)14-11(15)7-18-10/h3-5H,2,6-7H2,1H3,(H,13,16)(H,14,15). The molecule has 2 amide bonds. The Balaban J connectivity index is 2.00. The summed E-state index contributed by atoms with van der Waals surface area (Å²) in [6.45, 7) is 2.49. The lowest BCUT2D eigenvalue weighted by Gasteiger charge is -2.17. The molecule has 0 bridgehead atoms. The lowest BCUT2D eigenvalue weighted by Crippen LogP contribution is -2.24. The van der Waals surface area contributed by atoms with Crippen LogP contribution < -0.4 is 10.6 Å². The highest BCUT2D eigenvalue weighted by molar-refractivity contribution is 8.00. The van der Waals surface area contributed by atoms with Crippen molar-refractivity contribution in [3.05, 3.63) is 23.8 Å². The number of nitrogens with one attached hydrogen (secondary N) is 2. The second-order valence-corrected chi connectivity index (χ2v) is 4.76. The van der Waals surface area contributed by atoms with Gasteiger partial charge in [-0.05, 0) is 24.6 Å². The first-order chi connectivity index (χ1) is 8.69. The van der Waals surface area contributed by atoms with Crippen LogP contribution in [0.5, 0.6) is 0 Å². The van der Waals surface area contributed by atoms with Crippen molar-refractivity contribution in [2.24, 2.45) is 0 Å². The van der Waals surface area contributed by atoms with Gasteiger partial charge in [0, 0.05) is 11.4 Å². The van der Waals surface area contributed by atoms with E-state index in [2.05, 4.69) is 10.6 Å². The molecule has 1 aromatic rings. The molecule has 18 heavy (non-hydrogen) atoms. The number of carbonyl (C=O) groups is 2. The molecule has 0 saturated heterocycles. The highest BCUT2D eigenvalue weighted by Gasteiger charge is 2.15. The first kappa shape index (κ1) is 12.8. The van der Waals surface area contributed by atoms with Crippen LogP contribution >= 0.6 is 11.8 Å². The van der Waals surface area contributed by atoms with Crippen LogP contribution in [0.2, 0.25) is 0 Å². The van der Waals surface area contributed by atoms with E-state index in [0.717, 1.165) is 16.1 Å². The monoisotopic (exact) mass is 266 g/mol. The van der Waals surface area contributed by atoms with Crippen molar-refractivity contribution >= 4 is 29.4 Å². The van der Waals surface area contributed by atoms with Crippen LogP contribution in [0.25, 0.3) is 0 Å². The number of ether oxygens (including phenoxy) is 1. The fourth-order valence-corrected chi connectivity index (χ4v) is 2.39. The first-order valence-corrected chi connectivity index (χ1v) is 6.64. The number of rotatable bonds is 3. The van der Waals surface area contributed by atoms with Gasteiger partial charge in [-0.1, -0.05) is 6.07 Å². The molecule has 5 nitrogen and oxygen atoms in total. The summed E-state index contributed by atoms with van der Waals surface area (Å²) in [6, 6.07) is 5.74. The number of benzene rings is 1. The van der Waals surface area contributed by atoms with E-state index >= 15 is 0 Å². The summed E-state index contributed by atoms with van der Waals surface area (Å²) >= 11 is 1.51. The van der Waals surface area contributed by atoms with Crippen molar-refractivity contribution in [1.29, 1.82) is 0 Å². The van der Waals surface area contributed by atoms with Gasteiger partial charge in [0.05, 0.1) is 18.0 Å². The van der Waals surface area contributed by atoms with Gasteiger partial charge in [-0.2, -0.15) is 0 Å². The largest absolute Gasteiger partial charge is 0.450 e. The zero-order valence-corrected chi connectivity index (χ0v) is 10.8. The fraction of sp³-hybridized carbons (Fsp3) is 0.333. The minimum absolute atomic E-state index is 0.00278. The Kier molecular flexibility index (Phi) is 4.09. The van der Waals surface area contributed by atoms with Crippen molar-refractivity contribution in [1.82, 2.24) is 5.32 Å². The highest BCUT2D eigenvalue weighted by atomic mass is 32.2. The molecule has 0 unspecified atom stereocenters. The number of alkyl carbamates (subject to hydrolysis) is 1. The fourth-order valence-electron chi connectivity index (χ4n) is 1.60. The molecule has 0 fully saturated rings. The van der Waals surface area contributed by atoms with Gasteiger partial charge in [-0.25, -0.2) is 4.79 Å². The summed E-state index contributed by atoms with van der Waals surface area (Å²) in [7, 11) is 0. The van der Waals surface area contributed by atoms with Crippen molar-refractivity contribution in [3.8, 4) is 0 Å². The van der Waals surface area contributed by atoms with E-state index < -0.39 is 6.09 Å². The smallest absolute Gasteiger partial charge is 0.407 e. The minimum atomic E-state index is -0.436. The maximum Gasteiger partial charge on any atom is 0.407 e. The molecule has 0 atom stereocenters. The van der Waals surface area contributed by atoms with E-state index in [0.29, 0.717) is 18.9 Å². The average molecular weight is 266 g/mol. The van der Waals surface area contributed by atoms with Gasteiger partial charge in [0.25, 0.3) is 0 Å². The Labute approximate surface area is 109 Å². The third-order valence-corrected chi connectivity index (χ3v) is 3.46. The van der Waals surface area contributed by atoms with Crippen LogP contribution in [0.3, 0.4) is 0 Å². The van der Waals surface area contributed by atoms with Crippen LogP contribution in [0.4, 0.5) is 10.5 Å². The lowest BCUT2D eigenvalue weighted by atomic mass is 10.2. The van der Waals surface area contributed by atoms with Gasteiger partial charge in [-0.15, -0.1) is 11.8 Å². The zero-order valence-electron chi connectivity index (χ0n) is 9.99. The molecule has 0 radical (unpaired) electrons. The van der Waals surface area contributed by atoms with E-state index in [4.69, 9.17) is 4.74 Å². The number of hydrogen-bond donors (Lipinski definition) is 2. The van der Waals surface area contributed by atoms with Gasteiger partial charge in [0.1, 0.15) is 0 Å². The number of anilines is 1. The van der Waals surface area contributed by atoms with Crippen LogP contribution in [0.1, 0.15) is 12.5 Å². The van der Waals surface area contributed by atoms with Crippen molar-refractivity contribution in [2.45, 2.75) is 18.4 Å². The van der Waals surface area contributed by atoms with Crippen molar-refractivity contribution < 1.29 is 14.3 Å². The van der Waals surface area contributed by atoms with Gasteiger partial charge in [0.2, 0.25) is 5.91 Å². The molecular weight excluding hydrogens is 252 g/mol. The predicted molar refractivity (Wildman–Crippen MR) is 69.7 cm³/mol. The molecule has 0 aliphatic carbocycles. The SMILES string of the molecule is CCOC(=O)NCc1ccc2c(c1)NC(=O)CS2. The maximum absolute atomic E-state index is 11.3. The quantitative estimate of drug-likeness (QED) is 0.877. The first-order valence-electron chi connectivity index (χ1n) is 5.65.